The SMILES string of the molecule is CC1CCN(C2CCC(NS(=O)(=O)c3ccccc3CCl)C2)CC1. The number of rotatable bonds is 5. The summed E-state index contributed by atoms with van der Waals surface area (Å²) in [6.45, 7) is 4.62. The highest BCUT2D eigenvalue weighted by Crippen LogP contribution is 2.29. The van der Waals surface area contributed by atoms with Gasteiger partial charge in [-0.05, 0) is 62.7 Å². The quantitative estimate of drug-likeness (QED) is 0.808. The van der Waals surface area contributed by atoms with Crippen LogP contribution in [0.2, 0.25) is 0 Å². The number of likely N-dealkylation sites (tertiary alicyclic amines) is 1. The second-order valence-corrected chi connectivity index (χ2v) is 9.19. The van der Waals surface area contributed by atoms with Crippen LogP contribution in [0.5, 0.6) is 0 Å². The van der Waals surface area contributed by atoms with Gasteiger partial charge in [0, 0.05) is 18.0 Å². The smallest absolute Gasteiger partial charge is 0.241 e. The van der Waals surface area contributed by atoms with E-state index in [9.17, 15) is 8.42 Å². The third-order valence-corrected chi connectivity index (χ3v) is 7.38. The van der Waals surface area contributed by atoms with Crippen LogP contribution in [0.15, 0.2) is 29.2 Å². The van der Waals surface area contributed by atoms with Crippen molar-refractivity contribution in [3.63, 3.8) is 0 Å². The zero-order chi connectivity index (χ0) is 17.2. The van der Waals surface area contributed by atoms with Crippen molar-refractivity contribution < 1.29 is 8.42 Å². The Morgan fingerprint density at radius 1 is 1.17 bits per heavy atom. The molecular weight excluding hydrogens is 344 g/mol. The summed E-state index contributed by atoms with van der Waals surface area (Å²) < 4.78 is 28.3. The lowest BCUT2D eigenvalue weighted by molar-refractivity contribution is 0.139. The van der Waals surface area contributed by atoms with E-state index in [0.29, 0.717) is 16.5 Å². The number of piperidine rings is 1. The molecule has 0 radical (unpaired) electrons. The van der Waals surface area contributed by atoms with Crippen molar-refractivity contribution in [1.82, 2.24) is 9.62 Å². The average Bonchev–Trinajstić information content (AvgIpc) is 3.03. The fourth-order valence-electron chi connectivity index (χ4n) is 3.95. The molecule has 1 saturated carbocycles. The number of hydrogen-bond acceptors (Lipinski definition) is 3. The van der Waals surface area contributed by atoms with Crippen molar-refractivity contribution in [1.29, 1.82) is 0 Å². The summed E-state index contributed by atoms with van der Waals surface area (Å²) in [5.74, 6) is 1.03. The second kappa shape index (κ2) is 7.73. The molecule has 1 aliphatic heterocycles. The van der Waals surface area contributed by atoms with Crippen LogP contribution in [0.3, 0.4) is 0 Å². The summed E-state index contributed by atoms with van der Waals surface area (Å²) in [7, 11) is -3.50. The molecule has 134 valence electrons. The normalized spacial score (nSPS) is 26.8. The van der Waals surface area contributed by atoms with E-state index in [1.165, 1.54) is 12.8 Å². The molecule has 2 fully saturated rings. The topological polar surface area (TPSA) is 49.4 Å². The highest BCUT2D eigenvalue weighted by molar-refractivity contribution is 7.89. The van der Waals surface area contributed by atoms with E-state index in [2.05, 4.69) is 16.5 Å². The molecule has 1 heterocycles. The molecule has 0 spiro atoms. The summed E-state index contributed by atoms with van der Waals surface area (Å²) >= 11 is 5.89. The second-order valence-electron chi connectivity index (χ2n) is 7.24. The Hall–Kier alpha value is -0.620. The molecule has 1 aromatic rings. The predicted molar refractivity (Wildman–Crippen MR) is 97.7 cm³/mol. The van der Waals surface area contributed by atoms with Gasteiger partial charge >= 0.3 is 0 Å². The van der Waals surface area contributed by atoms with Crippen molar-refractivity contribution in [2.24, 2.45) is 5.92 Å². The van der Waals surface area contributed by atoms with Gasteiger partial charge in [-0.2, -0.15) is 0 Å². The van der Waals surface area contributed by atoms with Crippen LogP contribution in [0.1, 0.15) is 44.6 Å². The van der Waals surface area contributed by atoms with E-state index in [-0.39, 0.29) is 11.9 Å². The minimum absolute atomic E-state index is 0.0303. The summed E-state index contributed by atoms with van der Waals surface area (Å²) in [6.07, 6.45) is 5.43. The molecule has 1 saturated heterocycles. The van der Waals surface area contributed by atoms with Gasteiger partial charge in [0.25, 0.3) is 0 Å². The molecule has 2 unspecified atom stereocenters. The van der Waals surface area contributed by atoms with Gasteiger partial charge < -0.3 is 4.90 Å². The summed E-state index contributed by atoms with van der Waals surface area (Å²) in [4.78, 5) is 2.87. The number of alkyl halides is 1. The predicted octanol–water partition coefficient (Wildman–Crippen LogP) is 3.36. The Kier molecular flexibility index (Phi) is 5.85. The number of nitrogens with zero attached hydrogens (tertiary/aromatic N) is 1. The van der Waals surface area contributed by atoms with Crippen LogP contribution in [0, 0.1) is 5.92 Å². The van der Waals surface area contributed by atoms with Gasteiger partial charge in [-0.15, -0.1) is 11.6 Å². The lowest BCUT2D eigenvalue weighted by Gasteiger charge is -2.35. The van der Waals surface area contributed by atoms with Crippen LogP contribution >= 0.6 is 11.6 Å². The average molecular weight is 371 g/mol. The molecular formula is C18H27ClN2O2S. The fraction of sp³-hybridized carbons (Fsp3) is 0.667. The summed E-state index contributed by atoms with van der Waals surface area (Å²) in [5.41, 5.74) is 0.659. The first-order chi connectivity index (χ1) is 11.5. The number of benzene rings is 1. The maximum atomic E-state index is 12.7. The monoisotopic (exact) mass is 370 g/mol. The molecule has 24 heavy (non-hydrogen) atoms. The lowest BCUT2D eigenvalue weighted by atomic mass is 9.97. The fourth-order valence-corrected chi connectivity index (χ4v) is 5.78. The number of nitrogens with one attached hydrogen (secondary N) is 1. The standard InChI is InChI=1S/C18H27ClN2O2S/c1-14-8-10-21(11-9-14)17-7-6-16(12-17)20-24(22,23)18-5-3-2-4-15(18)13-19/h2-5,14,16-17,20H,6-13H2,1H3. The first kappa shape index (κ1) is 18.2. The Labute approximate surface area is 150 Å². The van der Waals surface area contributed by atoms with E-state index >= 15 is 0 Å². The molecule has 2 atom stereocenters. The maximum absolute atomic E-state index is 12.7. The number of sulfonamides is 1. The van der Waals surface area contributed by atoms with Gasteiger partial charge in [0.1, 0.15) is 0 Å². The van der Waals surface area contributed by atoms with Crippen LogP contribution in [-0.2, 0) is 15.9 Å². The largest absolute Gasteiger partial charge is 0.300 e. The first-order valence-corrected chi connectivity index (χ1v) is 10.9. The molecule has 0 amide bonds. The molecule has 1 N–H and O–H groups in total. The zero-order valence-electron chi connectivity index (χ0n) is 14.2. The highest BCUT2D eigenvalue weighted by atomic mass is 35.5. The molecule has 4 nitrogen and oxygen atoms in total. The number of halogens is 1. The van der Waals surface area contributed by atoms with E-state index in [0.717, 1.165) is 38.3 Å². The van der Waals surface area contributed by atoms with Crippen molar-refractivity contribution in [2.75, 3.05) is 13.1 Å². The van der Waals surface area contributed by atoms with Gasteiger partial charge in [0.15, 0.2) is 0 Å². The summed E-state index contributed by atoms with van der Waals surface area (Å²) in [6, 6.07) is 7.53. The maximum Gasteiger partial charge on any atom is 0.241 e. The van der Waals surface area contributed by atoms with Crippen LogP contribution < -0.4 is 4.72 Å². The third-order valence-electron chi connectivity index (χ3n) is 5.47. The highest BCUT2D eigenvalue weighted by Gasteiger charge is 2.33. The molecule has 3 rings (SSSR count). The van der Waals surface area contributed by atoms with Gasteiger partial charge in [0.2, 0.25) is 10.0 Å². The first-order valence-electron chi connectivity index (χ1n) is 8.90. The Bertz CT molecular complexity index is 657. The van der Waals surface area contributed by atoms with Gasteiger partial charge in [-0.25, -0.2) is 13.1 Å². The van der Waals surface area contributed by atoms with Crippen molar-refractivity contribution in [3.05, 3.63) is 29.8 Å². The molecule has 6 heteroatoms. The van der Waals surface area contributed by atoms with Gasteiger partial charge in [-0.3, -0.25) is 0 Å². The zero-order valence-corrected chi connectivity index (χ0v) is 15.8. The molecule has 2 aliphatic rings. The number of hydrogen-bond donors (Lipinski definition) is 1. The molecule has 1 aromatic carbocycles. The third kappa shape index (κ3) is 4.13. The van der Waals surface area contributed by atoms with Crippen molar-refractivity contribution in [2.45, 2.75) is 61.9 Å². The van der Waals surface area contributed by atoms with Crippen LogP contribution in [0.4, 0.5) is 0 Å². The molecule has 0 bridgehead atoms. The Balaban J connectivity index is 1.62. The van der Waals surface area contributed by atoms with Gasteiger partial charge in [-0.1, -0.05) is 25.1 Å². The van der Waals surface area contributed by atoms with Crippen molar-refractivity contribution >= 4 is 21.6 Å². The minimum Gasteiger partial charge on any atom is -0.300 e. The Morgan fingerprint density at radius 3 is 2.58 bits per heavy atom. The van der Waals surface area contributed by atoms with E-state index in [1.54, 1.807) is 18.2 Å². The van der Waals surface area contributed by atoms with E-state index in [1.807, 2.05) is 6.07 Å². The Morgan fingerprint density at radius 2 is 1.88 bits per heavy atom. The van der Waals surface area contributed by atoms with Crippen LogP contribution in [-0.4, -0.2) is 38.5 Å². The summed E-state index contributed by atoms with van der Waals surface area (Å²) in [5, 5.41) is 0. The van der Waals surface area contributed by atoms with E-state index in [4.69, 9.17) is 11.6 Å². The van der Waals surface area contributed by atoms with Gasteiger partial charge in [0.05, 0.1) is 4.90 Å². The minimum atomic E-state index is -3.50. The lowest BCUT2D eigenvalue weighted by Crippen LogP contribution is -2.41. The molecule has 0 aromatic heterocycles. The van der Waals surface area contributed by atoms with E-state index < -0.39 is 10.0 Å². The molecule has 1 aliphatic carbocycles. The van der Waals surface area contributed by atoms with Crippen molar-refractivity contribution in [3.8, 4) is 0 Å². The van der Waals surface area contributed by atoms with Crippen LogP contribution in [0.25, 0.3) is 0 Å².